The highest BCUT2D eigenvalue weighted by molar-refractivity contribution is 9.10. The van der Waals surface area contributed by atoms with Crippen molar-refractivity contribution in [1.82, 2.24) is 16.2 Å². The summed E-state index contributed by atoms with van der Waals surface area (Å²) >= 11 is 3.24. The molecule has 21 heavy (non-hydrogen) atoms. The third kappa shape index (κ3) is 5.05. The van der Waals surface area contributed by atoms with Gasteiger partial charge in [0.15, 0.2) is 0 Å². The van der Waals surface area contributed by atoms with Crippen molar-refractivity contribution < 1.29 is 9.18 Å². The lowest BCUT2D eigenvalue weighted by Gasteiger charge is -2.12. The number of hydrazine groups is 1. The first-order valence-electron chi connectivity index (χ1n) is 7.17. The Hall–Kier alpha value is -0.980. The zero-order valence-corrected chi connectivity index (χ0v) is 13.8. The molecule has 1 saturated heterocycles. The zero-order valence-electron chi connectivity index (χ0n) is 12.2. The molecule has 2 unspecified atom stereocenters. The molecule has 1 aromatic rings. The van der Waals surface area contributed by atoms with Gasteiger partial charge in [-0.05, 0) is 42.5 Å². The van der Waals surface area contributed by atoms with Gasteiger partial charge in [-0.3, -0.25) is 10.2 Å². The van der Waals surface area contributed by atoms with Crippen LogP contribution in [0.15, 0.2) is 22.7 Å². The van der Waals surface area contributed by atoms with E-state index in [-0.39, 0.29) is 17.8 Å². The molecule has 0 aliphatic carbocycles. The normalized spacial score (nSPS) is 21.8. The standard InChI is InChI=1S/C15H21BrFN3O/c1-9(2)3-13-7-14(20-19-13)15(21)18-8-10-4-11(16)6-12(17)5-10/h4-6,9,13-14,19-20H,3,7-8H2,1-2H3,(H,18,21). The van der Waals surface area contributed by atoms with Gasteiger partial charge < -0.3 is 5.32 Å². The molecule has 1 aliphatic heterocycles. The van der Waals surface area contributed by atoms with E-state index in [2.05, 4.69) is 45.9 Å². The second-order valence-electron chi connectivity index (χ2n) is 5.90. The van der Waals surface area contributed by atoms with Gasteiger partial charge in [-0.1, -0.05) is 29.8 Å². The Kier molecular flexibility index (Phi) is 5.72. The molecule has 2 rings (SSSR count). The first-order chi connectivity index (χ1) is 9.94. The fourth-order valence-corrected chi connectivity index (χ4v) is 3.06. The number of hydrogen-bond donors (Lipinski definition) is 3. The van der Waals surface area contributed by atoms with Crippen molar-refractivity contribution in [2.24, 2.45) is 5.92 Å². The molecule has 0 radical (unpaired) electrons. The minimum atomic E-state index is -0.314. The Morgan fingerprint density at radius 3 is 2.86 bits per heavy atom. The highest BCUT2D eigenvalue weighted by atomic mass is 79.9. The number of benzene rings is 1. The number of hydrogen-bond acceptors (Lipinski definition) is 3. The lowest BCUT2D eigenvalue weighted by molar-refractivity contribution is -0.123. The van der Waals surface area contributed by atoms with Crippen LogP contribution in [0.25, 0.3) is 0 Å². The van der Waals surface area contributed by atoms with Crippen LogP contribution in [0.4, 0.5) is 4.39 Å². The van der Waals surface area contributed by atoms with Crippen LogP contribution < -0.4 is 16.2 Å². The summed E-state index contributed by atoms with van der Waals surface area (Å²) in [6, 6.07) is 4.71. The lowest BCUT2D eigenvalue weighted by atomic mass is 10.00. The molecule has 3 N–H and O–H groups in total. The van der Waals surface area contributed by atoms with Crippen LogP contribution in [0, 0.1) is 11.7 Å². The molecular formula is C15H21BrFN3O. The minimum Gasteiger partial charge on any atom is -0.351 e. The molecule has 1 amide bonds. The highest BCUT2D eigenvalue weighted by Gasteiger charge is 2.29. The van der Waals surface area contributed by atoms with Gasteiger partial charge >= 0.3 is 0 Å². The number of rotatable bonds is 5. The van der Waals surface area contributed by atoms with Crippen molar-refractivity contribution in [3.05, 3.63) is 34.1 Å². The van der Waals surface area contributed by atoms with Crippen molar-refractivity contribution in [2.45, 2.75) is 45.3 Å². The van der Waals surface area contributed by atoms with Crippen molar-refractivity contribution in [2.75, 3.05) is 0 Å². The summed E-state index contributed by atoms with van der Waals surface area (Å²) in [6.45, 7) is 4.65. The largest absolute Gasteiger partial charge is 0.351 e. The molecule has 0 spiro atoms. The van der Waals surface area contributed by atoms with E-state index in [4.69, 9.17) is 0 Å². The maximum atomic E-state index is 13.3. The predicted octanol–water partition coefficient (Wildman–Crippen LogP) is 2.49. The summed E-state index contributed by atoms with van der Waals surface area (Å²) in [7, 11) is 0. The summed E-state index contributed by atoms with van der Waals surface area (Å²) in [6.07, 6.45) is 1.81. The molecule has 1 aromatic carbocycles. The van der Waals surface area contributed by atoms with Crippen LogP contribution in [0.3, 0.4) is 0 Å². The van der Waals surface area contributed by atoms with E-state index >= 15 is 0 Å². The maximum absolute atomic E-state index is 13.3. The van der Waals surface area contributed by atoms with E-state index in [0.29, 0.717) is 23.0 Å². The number of nitrogens with one attached hydrogen (secondary N) is 3. The monoisotopic (exact) mass is 357 g/mol. The first-order valence-corrected chi connectivity index (χ1v) is 7.97. The van der Waals surface area contributed by atoms with Gasteiger partial charge in [-0.15, -0.1) is 0 Å². The Morgan fingerprint density at radius 1 is 1.43 bits per heavy atom. The van der Waals surface area contributed by atoms with E-state index in [1.807, 2.05) is 0 Å². The SMILES string of the molecule is CC(C)CC1CC(C(=O)NCc2cc(F)cc(Br)c2)NN1. The van der Waals surface area contributed by atoms with Gasteiger partial charge in [0, 0.05) is 17.1 Å². The molecule has 4 nitrogen and oxygen atoms in total. The summed E-state index contributed by atoms with van der Waals surface area (Å²) in [5, 5.41) is 2.84. The zero-order chi connectivity index (χ0) is 15.4. The van der Waals surface area contributed by atoms with E-state index < -0.39 is 0 Å². The topological polar surface area (TPSA) is 53.2 Å². The third-order valence-corrected chi connectivity index (χ3v) is 3.90. The van der Waals surface area contributed by atoms with Crippen LogP contribution in [-0.2, 0) is 11.3 Å². The van der Waals surface area contributed by atoms with Crippen LogP contribution >= 0.6 is 15.9 Å². The van der Waals surface area contributed by atoms with Crippen molar-refractivity contribution in [3.8, 4) is 0 Å². The van der Waals surface area contributed by atoms with Gasteiger partial charge in [-0.25, -0.2) is 9.82 Å². The summed E-state index contributed by atoms with van der Waals surface area (Å²) in [5.74, 6) is 0.219. The Bertz CT molecular complexity index is 489. The van der Waals surface area contributed by atoms with Crippen molar-refractivity contribution in [1.29, 1.82) is 0 Å². The van der Waals surface area contributed by atoms with Crippen LogP contribution in [0.1, 0.15) is 32.3 Å². The van der Waals surface area contributed by atoms with Gasteiger partial charge in [0.25, 0.3) is 0 Å². The van der Waals surface area contributed by atoms with Crippen LogP contribution in [0.2, 0.25) is 0 Å². The maximum Gasteiger partial charge on any atom is 0.238 e. The van der Waals surface area contributed by atoms with Gasteiger partial charge in [-0.2, -0.15) is 0 Å². The van der Waals surface area contributed by atoms with Crippen molar-refractivity contribution >= 4 is 21.8 Å². The van der Waals surface area contributed by atoms with E-state index in [1.54, 1.807) is 6.07 Å². The van der Waals surface area contributed by atoms with Crippen LogP contribution in [-0.4, -0.2) is 18.0 Å². The molecular weight excluding hydrogens is 337 g/mol. The minimum absolute atomic E-state index is 0.0610. The lowest BCUT2D eigenvalue weighted by Crippen LogP contribution is -2.43. The Labute approximate surface area is 133 Å². The fourth-order valence-electron chi connectivity index (χ4n) is 2.54. The Balaban J connectivity index is 1.82. The number of carbonyl (C=O) groups is 1. The van der Waals surface area contributed by atoms with Gasteiger partial charge in [0.2, 0.25) is 5.91 Å². The predicted molar refractivity (Wildman–Crippen MR) is 83.9 cm³/mol. The molecule has 2 atom stereocenters. The second-order valence-corrected chi connectivity index (χ2v) is 6.81. The quantitative estimate of drug-likeness (QED) is 0.758. The number of halogens is 2. The third-order valence-electron chi connectivity index (χ3n) is 3.44. The van der Waals surface area contributed by atoms with Crippen molar-refractivity contribution in [3.63, 3.8) is 0 Å². The number of carbonyl (C=O) groups excluding carboxylic acids is 1. The van der Waals surface area contributed by atoms with E-state index in [1.165, 1.54) is 12.1 Å². The molecule has 0 saturated carbocycles. The average Bonchev–Trinajstić information content (AvgIpc) is 2.82. The summed E-state index contributed by atoms with van der Waals surface area (Å²) in [4.78, 5) is 12.1. The molecule has 116 valence electrons. The van der Waals surface area contributed by atoms with Crippen LogP contribution in [0.5, 0.6) is 0 Å². The second kappa shape index (κ2) is 7.33. The molecule has 1 fully saturated rings. The Morgan fingerprint density at radius 2 is 2.19 bits per heavy atom. The van der Waals surface area contributed by atoms with E-state index in [9.17, 15) is 9.18 Å². The average molecular weight is 358 g/mol. The summed E-state index contributed by atoms with van der Waals surface area (Å²) in [5.41, 5.74) is 6.92. The molecule has 0 bridgehead atoms. The van der Waals surface area contributed by atoms with E-state index in [0.717, 1.165) is 18.4 Å². The van der Waals surface area contributed by atoms with Gasteiger partial charge in [0.1, 0.15) is 11.9 Å². The van der Waals surface area contributed by atoms with Gasteiger partial charge in [0.05, 0.1) is 0 Å². The number of amides is 1. The smallest absolute Gasteiger partial charge is 0.238 e. The first kappa shape index (κ1) is 16.4. The highest BCUT2D eigenvalue weighted by Crippen LogP contribution is 2.16. The molecule has 1 heterocycles. The fraction of sp³-hybridized carbons (Fsp3) is 0.533. The summed E-state index contributed by atoms with van der Waals surface area (Å²) < 4.78 is 13.9. The molecule has 1 aliphatic rings. The molecule has 0 aromatic heterocycles. The molecule has 6 heteroatoms.